The Morgan fingerprint density at radius 1 is 1.15 bits per heavy atom. The van der Waals surface area contributed by atoms with Crippen LogP contribution in [-0.4, -0.2) is 24.0 Å². The van der Waals surface area contributed by atoms with Gasteiger partial charge in [-0.3, -0.25) is 4.79 Å². The number of rotatable bonds is 4. The molecule has 0 aromatic carbocycles. The Balaban J connectivity index is 4.24. The Morgan fingerprint density at radius 2 is 1.62 bits per heavy atom. The van der Waals surface area contributed by atoms with Crippen molar-refractivity contribution in [3.63, 3.8) is 0 Å². The molecule has 2 N–H and O–H groups in total. The quantitative estimate of drug-likeness (QED) is 0.694. The highest BCUT2D eigenvalue weighted by Crippen LogP contribution is 2.19. The summed E-state index contributed by atoms with van der Waals surface area (Å²) >= 11 is 0. The van der Waals surface area contributed by atoms with Crippen molar-refractivity contribution in [3.05, 3.63) is 0 Å². The van der Waals surface area contributed by atoms with Gasteiger partial charge >= 0.3 is 0 Å². The van der Waals surface area contributed by atoms with Crippen LogP contribution in [0.25, 0.3) is 0 Å². The highest BCUT2D eigenvalue weighted by atomic mass is 16.1. The summed E-state index contributed by atoms with van der Waals surface area (Å²) in [6.07, 6.45) is 0.899. The highest BCUT2D eigenvalue weighted by molar-refractivity contribution is 5.73. The number of carbonyl (C=O) groups excluding carboxylic acids is 1. The molecular weight excluding hydrogens is 164 g/mol. The van der Waals surface area contributed by atoms with Gasteiger partial charge in [0.05, 0.1) is 0 Å². The zero-order valence-corrected chi connectivity index (χ0v) is 9.62. The van der Waals surface area contributed by atoms with E-state index in [1.165, 1.54) is 0 Å². The molecule has 0 bridgehead atoms. The largest absolute Gasteiger partial charge is 0.351 e. The van der Waals surface area contributed by atoms with Gasteiger partial charge in [-0.2, -0.15) is 0 Å². The van der Waals surface area contributed by atoms with Gasteiger partial charge < -0.3 is 10.6 Å². The molecule has 0 rings (SSSR count). The molecule has 13 heavy (non-hydrogen) atoms. The average molecular weight is 186 g/mol. The van der Waals surface area contributed by atoms with Gasteiger partial charge in [0.1, 0.15) is 0 Å². The number of nitrogens with one attached hydrogen (secondary N) is 2. The summed E-state index contributed by atoms with van der Waals surface area (Å²) in [6.45, 7) is 9.86. The minimum Gasteiger partial charge on any atom is -0.351 e. The lowest BCUT2D eigenvalue weighted by Gasteiger charge is -2.35. The molecule has 0 aliphatic carbocycles. The van der Waals surface area contributed by atoms with Crippen molar-refractivity contribution in [1.29, 1.82) is 0 Å². The second kappa shape index (κ2) is 4.09. The molecule has 0 saturated heterocycles. The molecule has 0 spiro atoms. The standard InChI is InChI=1S/C10H22N2O/c1-8(13)12-10(4,5)7-9(2,3)11-6/h11H,7H2,1-6H3,(H,12,13). The smallest absolute Gasteiger partial charge is 0.217 e. The van der Waals surface area contributed by atoms with Crippen LogP contribution in [0, 0.1) is 0 Å². The molecular formula is C10H22N2O. The van der Waals surface area contributed by atoms with Crippen molar-refractivity contribution in [1.82, 2.24) is 10.6 Å². The van der Waals surface area contributed by atoms with Crippen LogP contribution < -0.4 is 10.6 Å². The van der Waals surface area contributed by atoms with Gasteiger partial charge in [-0.05, 0) is 41.2 Å². The fourth-order valence-corrected chi connectivity index (χ4v) is 1.71. The monoisotopic (exact) mass is 186 g/mol. The predicted octanol–water partition coefficient (Wildman–Crippen LogP) is 1.29. The SMILES string of the molecule is CNC(C)(C)CC(C)(C)NC(C)=O. The van der Waals surface area contributed by atoms with Gasteiger partial charge in [0.25, 0.3) is 0 Å². The van der Waals surface area contributed by atoms with Gasteiger partial charge in [-0.15, -0.1) is 0 Å². The summed E-state index contributed by atoms with van der Waals surface area (Å²) in [7, 11) is 1.93. The molecule has 0 aliphatic rings. The molecule has 78 valence electrons. The lowest BCUT2D eigenvalue weighted by Crippen LogP contribution is -2.50. The minimum atomic E-state index is -0.154. The molecule has 0 heterocycles. The van der Waals surface area contributed by atoms with E-state index >= 15 is 0 Å². The molecule has 3 heteroatoms. The fraction of sp³-hybridized carbons (Fsp3) is 0.900. The first-order chi connectivity index (χ1) is 5.68. The Labute approximate surface area is 81.3 Å². The van der Waals surface area contributed by atoms with Crippen LogP contribution in [0.3, 0.4) is 0 Å². The average Bonchev–Trinajstić information content (AvgIpc) is 1.81. The lowest BCUT2D eigenvalue weighted by atomic mass is 9.87. The molecule has 3 nitrogen and oxygen atoms in total. The van der Waals surface area contributed by atoms with Gasteiger partial charge in [0.15, 0.2) is 0 Å². The molecule has 0 aliphatic heterocycles. The topological polar surface area (TPSA) is 41.1 Å². The van der Waals surface area contributed by atoms with E-state index in [1.807, 2.05) is 20.9 Å². The van der Waals surface area contributed by atoms with Gasteiger partial charge in [0, 0.05) is 18.0 Å². The second-order valence-electron chi connectivity index (χ2n) is 4.88. The lowest BCUT2D eigenvalue weighted by molar-refractivity contribution is -0.120. The van der Waals surface area contributed by atoms with E-state index in [2.05, 4.69) is 24.5 Å². The van der Waals surface area contributed by atoms with E-state index in [4.69, 9.17) is 0 Å². The highest BCUT2D eigenvalue weighted by Gasteiger charge is 2.27. The maximum absolute atomic E-state index is 10.9. The molecule has 0 fully saturated rings. The summed E-state index contributed by atoms with van der Waals surface area (Å²) < 4.78 is 0. The first-order valence-corrected chi connectivity index (χ1v) is 4.66. The normalized spacial score (nSPS) is 12.8. The van der Waals surface area contributed by atoms with E-state index in [1.54, 1.807) is 6.92 Å². The van der Waals surface area contributed by atoms with E-state index in [-0.39, 0.29) is 17.0 Å². The van der Waals surface area contributed by atoms with Gasteiger partial charge in [0.2, 0.25) is 5.91 Å². The Kier molecular flexibility index (Phi) is 3.91. The fourth-order valence-electron chi connectivity index (χ4n) is 1.71. The van der Waals surface area contributed by atoms with Crippen molar-refractivity contribution in [2.24, 2.45) is 0 Å². The molecule has 1 amide bonds. The first kappa shape index (κ1) is 12.4. The Hall–Kier alpha value is -0.570. The number of hydrogen-bond acceptors (Lipinski definition) is 2. The van der Waals surface area contributed by atoms with E-state index in [0.29, 0.717) is 0 Å². The number of amides is 1. The van der Waals surface area contributed by atoms with Crippen molar-refractivity contribution in [2.45, 2.75) is 52.1 Å². The zero-order chi connectivity index (χ0) is 10.7. The van der Waals surface area contributed by atoms with Crippen LogP contribution in [0.5, 0.6) is 0 Å². The van der Waals surface area contributed by atoms with Crippen LogP contribution in [0.15, 0.2) is 0 Å². The van der Waals surface area contributed by atoms with Crippen molar-refractivity contribution in [3.8, 4) is 0 Å². The summed E-state index contributed by atoms with van der Waals surface area (Å²) in [5.74, 6) is 0.0249. The third kappa shape index (κ3) is 5.64. The summed E-state index contributed by atoms with van der Waals surface area (Å²) in [6, 6.07) is 0. The molecule has 0 aromatic rings. The van der Waals surface area contributed by atoms with Crippen LogP contribution in [0.2, 0.25) is 0 Å². The molecule has 0 unspecified atom stereocenters. The molecule has 0 aromatic heterocycles. The van der Waals surface area contributed by atoms with Crippen molar-refractivity contribution < 1.29 is 4.79 Å². The first-order valence-electron chi connectivity index (χ1n) is 4.66. The summed E-state index contributed by atoms with van der Waals surface area (Å²) in [5, 5.41) is 6.15. The summed E-state index contributed by atoms with van der Waals surface area (Å²) in [4.78, 5) is 10.9. The Morgan fingerprint density at radius 3 is 1.92 bits per heavy atom. The Bertz CT molecular complexity index is 185. The molecule has 0 radical (unpaired) electrons. The number of carbonyl (C=O) groups is 1. The zero-order valence-electron chi connectivity index (χ0n) is 9.62. The maximum Gasteiger partial charge on any atom is 0.217 e. The van der Waals surface area contributed by atoms with Crippen molar-refractivity contribution in [2.75, 3.05) is 7.05 Å². The third-order valence-corrected chi connectivity index (χ3v) is 2.08. The predicted molar refractivity (Wildman–Crippen MR) is 55.7 cm³/mol. The van der Waals surface area contributed by atoms with Gasteiger partial charge in [-0.25, -0.2) is 0 Å². The van der Waals surface area contributed by atoms with Crippen LogP contribution >= 0.6 is 0 Å². The number of hydrogen-bond donors (Lipinski definition) is 2. The minimum absolute atomic E-state index is 0.0249. The molecule has 0 atom stereocenters. The van der Waals surface area contributed by atoms with Crippen LogP contribution in [0.1, 0.15) is 41.0 Å². The van der Waals surface area contributed by atoms with E-state index in [0.717, 1.165) is 6.42 Å². The third-order valence-electron chi connectivity index (χ3n) is 2.08. The van der Waals surface area contributed by atoms with Crippen LogP contribution in [0.4, 0.5) is 0 Å². The molecule has 0 saturated carbocycles. The van der Waals surface area contributed by atoms with Crippen LogP contribution in [-0.2, 0) is 4.79 Å². The van der Waals surface area contributed by atoms with E-state index < -0.39 is 0 Å². The maximum atomic E-state index is 10.9. The second-order valence-corrected chi connectivity index (χ2v) is 4.88. The van der Waals surface area contributed by atoms with Gasteiger partial charge in [-0.1, -0.05) is 0 Å². The van der Waals surface area contributed by atoms with Crippen molar-refractivity contribution >= 4 is 5.91 Å². The van der Waals surface area contributed by atoms with E-state index in [9.17, 15) is 4.79 Å². The summed E-state index contributed by atoms with van der Waals surface area (Å²) in [5.41, 5.74) is -0.107.